The number of aliphatic hydroxyl groups is 1. The van der Waals surface area contributed by atoms with Crippen LogP contribution in [-0.2, 0) is 19.0 Å². The molecule has 0 atom stereocenters. The summed E-state index contributed by atoms with van der Waals surface area (Å²) in [7, 11) is 0. The summed E-state index contributed by atoms with van der Waals surface area (Å²) >= 11 is 0. The van der Waals surface area contributed by atoms with Gasteiger partial charge in [0.25, 0.3) is 0 Å². The molecule has 127 valence electrons. The number of rotatable bonds is 11. The average Bonchev–Trinajstić information content (AvgIpc) is 2.35. The predicted molar refractivity (Wildman–Crippen MR) is 76.6 cm³/mol. The van der Waals surface area contributed by atoms with E-state index in [1.807, 2.05) is 0 Å². The molecule has 8 heteroatoms. The molecule has 0 aromatic rings. The van der Waals surface area contributed by atoms with Crippen LogP contribution in [0.1, 0.15) is 40.5 Å². The normalized spacial score (nSPS) is 11.3. The maximum absolute atomic E-state index is 11.5. The summed E-state index contributed by atoms with van der Waals surface area (Å²) < 4.78 is 15.4. The van der Waals surface area contributed by atoms with Gasteiger partial charge < -0.3 is 29.4 Å². The first kappa shape index (κ1) is 24.3. The molecule has 0 saturated heterocycles. The van der Waals surface area contributed by atoms with Gasteiger partial charge in [0.15, 0.2) is 0 Å². The van der Waals surface area contributed by atoms with E-state index in [4.69, 9.17) is 14.6 Å². The van der Waals surface area contributed by atoms with Crippen molar-refractivity contribution >= 4 is 12.6 Å². The summed E-state index contributed by atoms with van der Waals surface area (Å²) in [5.74, 6) is 0. The summed E-state index contributed by atoms with van der Waals surface area (Å²) in [5, 5.41) is 11.2. The minimum absolute atomic E-state index is 0. The van der Waals surface area contributed by atoms with Gasteiger partial charge in [-0.1, -0.05) is 6.47 Å². The van der Waals surface area contributed by atoms with Crippen molar-refractivity contribution < 1.29 is 70.2 Å². The molecule has 0 bridgehead atoms. The first-order valence-electron chi connectivity index (χ1n) is 6.93. The molecule has 0 saturated carbocycles. The Hall–Kier alpha value is 0.0236. The van der Waals surface area contributed by atoms with Gasteiger partial charge in [0.05, 0.1) is 18.8 Å². The van der Waals surface area contributed by atoms with Gasteiger partial charge in [-0.05, 0) is 34.1 Å². The van der Waals surface area contributed by atoms with Gasteiger partial charge in [-0.2, -0.15) is 0 Å². The maximum Gasteiger partial charge on any atom is 0.407 e. The Morgan fingerprint density at radius 2 is 1.86 bits per heavy atom. The van der Waals surface area contributed by atoms with Crippen LogP contribution in [0.4, 0.5) is 4.79 Å². The number of carbonyl (C=O) groups is 1. The van der Waals surface area contributed by atoms with Gasteiger partial charge >= 0.3 is 6.09 Å². The summed E-state index contributed by atoms with van der Waals surface area (Å²) in [6.45, 7) is 9.36. The molecule has 1 radical (unpaired) electrons. The van der Waals surface area contributed by atoms with E-state index in [-0.39, 0.29) is 54.5 Å². The Morgan fingerprint density at radius 3 is 2.41 bits per heavy atom. The number of hydrogen-bond acceptors (Lipinski definition) is 6. The number of aliphatic hydroxyl groups excluding tert-OH is 1. The number of carbonyl (C=O) groups excluding carboxylic acids is 2. The molecule has 0 spiro atoms. The zero-order valence-corrected chi connectivity index (χ0v) is 17.5. The molecule has 0 aliphatic heterocycles. The Kier molecular flexibility index (Phi) is 13.7. The van der Waals surface area contributed by atoms with Crippen LogP contribution in [0.3, 0.4) is 0 Å². The van der Waals surface area contributed by atoms with Crippen molar-refractivity contribution in [2.24, 2.45) is 0 Å². The van der Waals surface area contributed by atoms with Gasteiger partial charge in [0.2, 0.25) is 0 Å². The second-order valence-corrected chi connectivity index (χ2v) is 5.88. The molecule has 0 aromatic heterocycles. The number of nitrogens with one attached hydrogen (secondary N) is 1. The van der Waals surface area contributed by atoms with Crippen molar-refractivity contribution in [2.75, 3.05) is 26.4 Å². The van der Waals surface area contributed by atoms with E-state index in [9.17, 15) is 9.59 Å². The van der Waals surface area contributed by atoms with Crippen LogP contribution in [0.5, 0.6) is 0 Å². The Balaban J connectivity index is 0. The predicted octanol–water partition coefficient (Wildman–Crippen LogP) is 1.14. The van der Waals surface area contributed by atoms with Crippen LogP contribution in [-0.4, -0.2) is 55.2 Å². The summed E-state index contributed by atoms with van der Waals surface area (Å²) in [5.41, 5.74) is -1.30. The van der Waals surface area contributed by atoms with Gasteiger partial charge in [-0.3, -0.25) is 0 Å². The van der Waals surface area contributed by atoms with Crippen LogP contribution in [0.2, 0.25) is 0 Å². The van der Waals surface area contributed by atoms with Gasteiger partial charge in [0, 0.05) is 60.9 Å². The fraction of sp³-hybridized carbons (Fsp3) is 0.857. The van der Waals surface area contributed by atoms with Crippen molar-refractivity contribution in [3.8, 4) is 0 Å². The fourth-order valence-corrected chi connectivity index (χ4v) is 1.43. The Labute approximate surface area is 165 Å². The van der Waals surface area contributed by atoms with Crippen LogP contribution < -0.4 is 5.32 Å². The molecule has 0 aromatic carbocycles. The molecule has 22 heavy (non-hydrogen) atoms. The van der Waals surface area contributed by atoms with Crippen LogP contribution >= 0.6 is 0 Å². The molecule has 0 unspecified atom stereocenters. The summed E-state index contributed by atoms with van der Waals surface area (Å²) in [6.07, 6.45) is 0.460. The van der Waals surface area contributed by atoms with Crippen molar-refractivity contribution in [1.29, 1.82) is 0 Å². The van der Waals surface area contributed by atoms with Crippen molar-refractivity contribution in [3.05, 3.63) is 0 Å². The second kappa shape index (κ2) is 12.4. The fourth-order valence-electron chi connectivity index (χ4n) is 1.43. The SMILES string of the molecule is CC(C)(CO[C-]=O)OCCC(C)(C)OC(=O)NCCCO.[Pr]. The molecule has 2 N–H and O–H groups in total. The summed E-state index contributed by atoms with van der Waals surface area (Å²) in [6, 6.07) is 0. The second-order valence-electron chi connectivity index (χ2n) is 5.88. The van der Waals surface area contributed by atoms with E-state index in [2.05, 4.69) is 10.1 Å². The topological polar surface area (TPSA) is 94.1 Å². The largest absolute Gasteiger partial charge is 0.651 e. The Morgan fingerprint density at radius 1 is 1.23 bits per heavy atom. The van der Waals surface area contributed by atoms with E-state index in [1.54, 1.807) is 27.7 Å². The van der Waals surface area contributed by atoms with E-state index in [0.717, 1.165) is 0 Å². The van der Waals surface area contributed by atoms with E-state index in [1.165, 1.54) is 6.47 Å². The maximum atomic E-state index is 11.5. The third-order valence-electron chi connectivity index (χ3n) is 2.65. The average molecular weight is 445 g/mol. The smallest absolute Gasteiger partial charge is 0.407 e. The quantitative estimate of drug-likeness (QED) is 0.366. The van der Waals surface area contributed by atoms with Crippen molar-refractivity contribution in [2.45, 2.75) is 51.7 Å². The standard InChI is InChI=1S/C14H26NO6.Pr/c1-13(2,21-12(18)15-7-5-8-16)6-9-20-14(3,4)10-19-11-17;/h16H,5-10H2,1-4H3,(H,15,18);/q-1;. The van der Waals surface area contributed by atoms with Crippen LogP contribution in [0.15, 0.2) is 0 Å². The van der Waals surface area contributed by atoms with Crippen LogP contribution in [0.25, 0.3) is 0 Å². The zero-order valence-electron chi connectivity index (χ0n) is 13.8. The van der Waals surface area contributed by atoms with E-state index < -0.39 is 17.3 Å². The zero-order chi connectivity index (χ0) is 16.4. The molecule has 0 fully saturated rings. The number of alkyl carbamates (subject to hydrolysis) is 1. The number of ether oxygens (including phenoxy) is 3. The molecule has 0 rings (SSSR count). The number of hydrogen-bond donors (Lipinski definition) is 2. The van der Waals surface area contributed by atoms with Gasteiger partial charge in [-0.15, -0.1) is 0 Å². The molecule has 7 nitrogen and oxygen atoms in total. The molecule has 0 aliphatic carbocycles. The molecule has 0 aliphatic rings. The third kappa shape index (κ3) is 13.7. The minimum Gasteiger partial charge on any atom is -0.651 e. The molecular formula is C14H26NO6Pr-. The molecule has 1 amide bonds. The molecular weight excluding hydrogens is 419 g/mol. The third-order valence-corrected chi connectivity index (χ3v) is 2.65. The Bertz CT molecular complexity index is 322. The minimum atomic E-state index is -0.684. The van der Waals surface area contributed by atoms with E-state index in [0.29, 0.717) is 26.0 Å². The summed E-state index contributed by atoms with van der Waals surface area (Å²) in [4.78, 5) is 21.5. The van der Waals surface area contributed by atoms with Crippen molar-refractivity contribution in [1.82, 2.24) is 5.32 Å². The van der Waals surface area contributed by atoms with Gasteiger partial charge in [0.1, 0.15) is 5.60 Å². The van der Waals surface area contributed by atoms with Crippen molar-refractivity contribution in [3.63, 3.8) is 0 Å². The monoisotopic (exact) mass is 445 g/mol. The first-order chi connectivity index (χ1) is 9.72. The number of amides is 1. The first-order valence-corrected chi connectivity index (χ1v) is 6.93. The van der Waals surface area contributed by atoms with Crippen LogP contribution in [0, 0.1) is 41.3 Å². The molecule has 0 heterocycles. The van der Waals surface area contributed by atoms with Gasteiger partial charge in [-0.25, -0.2) is 4.79 Å². The van der Waals surface area contributed by atoms with E-state index >= 15 is 0 Å².